The maximum Gasteiger partial charge on any atom is 0.191 e. The van der Waals surface area contributed by atoms with Crippen LogP contribution < -0.4 is 4.74 Å². The maximum atomic E-state index is 5.81. The fraction of sp³-hybridized carbons (Fsp3) is 0.111. The number of hydrogen-bond acceptors (Lipinski definition) is 1. The van der Waals surface area contributed by atoms with Gasteiger partial charge in [-0.3, -0.25) is 0 Å². The van der Waals surface area contributed by atoms with Crippen molar-refractivity contribution in [2.24, 2.45) is 0 Å². The van der Waals surface area contributed by atoms with Crippen molar-refractivity contribution in [3.63, 3.8) is 0 Å². The molecule has 1 aromatic carbocycles. The molecule has 0 saturated heterocycles. The number of ether oxygens (including phenoxy) is 1. The largest absolute Gasteiger partial charge is 0.482 e. The van der Waals surface area contributed by atoms with Crippen LogP contribution in [-0.2, 0) is 0 Å². The monoisotopic (exact) mass is 181 g/mol. The lowest BCUT2D eigenvalue weighted by molar-refractivity contribution is 0.401. The number of H-pyrrole nitrogens is 1. The van der Waals surface area contributed by atoms with Gasteiger partial charge >= 0.3 is 0 Å². The van der Waals surface area contributed by atoms with Crippen molar-refractivity contribution < 1.29 is 4.74 Å². The number of nitrogens with one attached hydrogen (secondary N) is 1. The van der Waals surface area contributed by atoms with E-state index in [9.17, 15) is 0 Å². The van der Waals surface area contributed by atoms with Gasteiger partial charge in [-0.1, -0.05) is 17.7 Å². The van der Waals surface area contributed by atoms with Crippen molar-refractivity contribution in [1.29, 1.82) is 0 Å². The van der Waals surface area contributed by atoms with Gasteiger partial charge in [-0.2, -0.15) is 0 Å². The molecule has 1 N–H and O–H groups in total. The first-order valence-corrected chi connectivity index (χ1v) is 3.99. The summed E-state index contributed by atoms with van der Waals surface area (Å²) in [5, 5.41) is 1.84. The molecule has 0 fully saturated rings. The van der Waals surface area contributed by atoms with Crippen LogP contribution in [0.15, 0.2) is 24.3 Å². The third-order valence-corrected chi connectivity index (χ3v) is 2.01. The molecule has 12 heavy (non-hydrogen) atoms. The van der Waals surface area contributed by atoms with E-state index in [0.29, 0.717) is 0 Å². The van der Waals surface area contributed by atoms with Gasteiger partial charge in [0, 0.05) is 22.0 Å². The summed E-state index contributed by atoms with van der Waals surface area (Å²) in [7, 11) is 1.63. The van der Waals surface area contributed by atoms with Gasteiger partial charge in [0.1, 0.15) is 0 Å². The summed E-state index contributed by atoms with van der Waals surface area (Å²) in [4.78, 5) is 3.08. The van der Waals surface area contributed by atoms with Gasteiger partial charge in [-0.15, -0.1) is 0 Å². The standard InChI is InChI=1S/C9H8ClNO/c1-12-9-4-6-2-3-7(10)5-8(6)11-9/h2-5,11H,1H3. The number of halogens is 1. The molecule has 2 nitrogen and oxygen atoms in total. The molecule has 0 atom stereocenters. The Labute approximate surface area is 75.1 Å². The minimum Gasteiger partial charge on any atom is -0.482 e. The van der Waals surface area contributed by atoms with Crippen LogP contribution >= 0.6 is 11.6 Å². The first-order chi connectivity index (χ1) is 5.79. The van der Waals surface area contributed by atoms with Gasteiger partial charge in [0.15, 0.2) is 5.88 Å². The van der Waals surface area contributed by atoms with E-state index in [-0.39, 0.29) is 0 Å². The van der Waals surface area contributed by atoms with Gasteiger partial charge in [0.05, 0.1) is 7.11 Å². The van der Waals surface area contributed by atoms with E-state index in [1.54, 1.807) is 7.11 Å². The lowest BCUT2D eigenvalue weighted by Crippen LogP contribution is -1.79. The Morgan fingerprint density at radius 2 is 2.17 bits per heavy atom. The molecule has 2 rings (SSSR count). The van der Waals surface area contributed by atoms with Crippen molar-refractivity contribution in [2.45, 2.75) is 0 Å². The zero-order valence-electron chi connectivity index (χ0n) is 6.60. The van der Waals surface area contributed by atoms with Crippen molar-refractivity contribution >= 4 is 22.5 Å². The molecule has 0 amide bonds. The molecule has 2 aromatic rings. The summed E-state index contributed by atoms with van der Waals surface area (Å²) >= 11 is 5.81. The fourth-order valence-electron chi connectivity index (χ4n) is 1.18. The van der Waals surface area contributed by atoms with E-state index in [1.165, 1.54) is 0 Å². The zero-order valence-corrected chi connectivity index (χ0v) is 7.35. The van der Waals surface area contributed by atoms with E-state index in [2.05, 4.69) is 4.98 Å². The first kappa shape index (κ1) is 7.50. The number of benzene rings is 1. The number of aromatic amines is 1. The highest BCUT2D eigenvalue weighted by Gasteiger charge is 1.99. The number of fused-ring (bicyclic) bond motifs is 1. The first-order valence-electron chi connectivity index (χ1n) is 3.62. The van der Waals surface area contributed by atoms with Crippen molar-refractivity contribution in [3.8, 4) is 5.88 Å². The third-order valence-electron chi connectivity index (χ3n) is 1.78. The molecule has 0 radical (unpaired) electrons. The Balaban J connectivity index is 2.67. The lowest BCUT2D eigenvalue weighted by Gasteiger charge is -1.90. The molecule has 0 bridgehead atoms. The molecule has 0 aliphatic rings. The maximum absolute atomic E-state index is 5.81. The summed E-state index contributed by atoms with van der Waals surface area (Å²) in [5.74, 6) is 0.757. The Bertz CT molecular complexity index is 408. The smallest absolute Gasteiger partial charge is 0.191 e. The zero-order chi connectivity index (χ0) is 8.55. The molecule has 0 spiro atoms. The SMILES string of the molecule is COc1cc2ccc(Cl)cc2[nH]1. The Hall–Kier alpha value is -1.15. The molecule has 0 aliphatic heterocycles. The predicted octanol–water partition coefficient (Wildman–Crippen LogP) is 2.83. The summed E-state index contributed by atoms with van der Waals surface area (Å²) in [6.07, 6.45) is 0. The molecular formula is C9H8ClNO. The number of rotatable bonds is 1. The van der Waals surface area contributed by atoms with Gasteiger partial charge in [-0.05, 0) is 12.1 Å². The molecule has 0 saturated carbocycles. The summed E-state index contributed by atoms with van der Waals surface area (Å²) in [6.45, 7) is 0. The average Bonchev–Trinajstić information content (AvgIpc) is 2.46. The molecule has 62 valence electrons. The second-order valence-corrected chi connectivity index (χ2v) is 3.01. The normalized spacial score (nSPS) is 10.5. The predicted molar refractivity (Wildman–Crippen MR) is 49.9 cm³/mol. The second-order valence-electron chi connectivity index (χ2n) is 2.57. The lowest BCUT2D eigenvalue weighted by atomic mass is 10.2. The summed E-state index contributed by atoms with van der Waals surface area (Å²) < 4.78 is 5.04. The number of methoxy groups -OCH3 is 1. The van der Waals surface area contributed by atoms with Crippen LogP contribution in [0.1, 0.15) is 0 Å². The summed E-state index contributed by atoms with van der Waals surface area (Å²) in [6, 6.07) is 7.62. The minimum atomic E-state index is 0.729. The van der Waals surface area contributed by atoms with Crippen LogP contribution in [0.5, 0.6) is 5.88 Å². The highest BCUT2D eigenvalue weighted by Crippen LogP contribution is 2.22. The van der Waals surface area contributed by atoms with Crippen LogP contribution in [-0.4, -0.2) is 12.1 Å². The van der Waals surface area contributed by atoms with Gasteiger partial charge in [-0.25, -0.2) is 0 Å². The van der Waals surface area contributed by atoms with E-state index < -0.39 is 0 Å². The molecular weight excluding hydrogens is 174 g/mol. The highest BCUT2D eigenvalue weighted by atomic mass is 35.5. The molecule has 1 heterocycles. The number of aromatic nitrogens is 1. The molecule has 0 unspecified atom stereocenters. The van der Waals surface area contributed by atoms with Crippen molar-refractivity contribution in [3.05, 3.63) is 29.3 Å². The summed E-state index contributed by atoms with van der Waals surface area (Å²) in [5.41, 5.74) is 0.999. The van der Waals surface area contributed by atoms with E-state index >= 15 is 0 Å². The van der Waals surface area contributed by atoms with E-state index in [1.807, 2.05) is 24.3 Å². The molecule has 0 aliphatic carbocycles. The highest BCUT2D eigenvalue weighted by molar-refractivity contribution is 6.31. The van der Waals surface area contributed by atoms with E-state index in [4.69, 9.17) is 16.3 Å². The quantitative estimate of drug-likeness (QED) is 0.719. The van der Waals surface area contributed by atoms with Crippen molar-refractivity contribution in [1.82, 2.24) is 4.98 Å². The average molecular weight is 182 g/mol. The second kappa shape index (κ2) is 2.72. The topological polar surface area (TPSA) is 25.0 Å². The van der Waals surface area contributed by atoms with Gasteiger partial charge < -0.3 is 9.72 Å². The molecule has 1 aromatic heterocycles. The van der Waals surface area contributed by atoms with Crippen LogP contribution in [0.25, 0.3) is 10.9 Å². The van der Waals surface area contributed by atoms with Gasteiger partial charge in [0.25, 0.3) is 0 Å². The Morgan fingerprint density at radius 1 is 1.33 bits per heavy atom. The van der Waals surface area contributed by atoms with Crippen LogP contribution in [0, 0.1) is 0 Å². The fourth-order valence-corrected chi connectivity index (χ4v) is 1.35. The van der Waals surface area contributed by atoms with Crippen molar-refractivity contribution in [2.75, 3.05) is 7.11 Å². The Kier molecular flexibility index (Phi) is 1.70. The van der Waals surface area contributed by atoms with E-state index in [0.717, 1.165) is 21.8 Å². The third kappa shape index (κ3) is 1.14. The van der Waals surface area contributed by atoms with Gasteiger partial charge in [0.2, 0.25) is 0 Å². The van der Waals surface area contributed by atoms with Crippen LogP contribution in [0.2, 0.25) is 5.02 Å². The Morgan fingerprint density at radius 3 is 2.92 bits per heavy atom. The number of hydrogen-bond donors (Lipinski definition) is 1. The molecule has 3 heteroatoms. The minimum absolute atomic E-state index is 0.729. The van der Waals surface area contributed by atoms with Crippen LogP contribution in [0.3, 0.4) is 0 Å². The van der Waals surface area contributed by atoms with Crippen LogP contribution in [0.4, 0.5) is 0 Å².